The van der Waals surface area contributed by atoms with Crippen LogP contribution in [0.25, 0.3) is 0 Å². The van der Waals surface area contributed by atoms with Crippen molar-refractivity contribution >= 4 is 46.0 Å². The molecule has 1 aliphatic heterocycles. The molecule has 0 saturated heterocycles. The van der Waals surface area contributed by atoms with Gasteiger partial charge in [0.05, 0.1) is 10.4 Å². The highest BCUT2D eigenvalue weighted by Gasteiger charge is 2.21. The molecule has 0 aliphatic carbocycles. The first-order valence-electron chi connectivity index (χ1n) is 6.31. The summed E-state index contributed by atoms with van der Waals surface area (Å²) in [6.45, 7) is 2.07. The molecule has 0 saturated carbocycles. The highest BCUT2D eigenvalue weighted by atomic mass is 35.5. The first kappa shape index (κ1) is 14.0. The maximum atomic E-state index is 6.21. The first-order valence-corrected chi connectivity index (χ1v) is 9.48. The van der Waals surface area contributed by atoms with Crippen LogP contribution in [-0.4, -0.2) is 12.8 Å². The van der Waals surface area contributed by atoms with E-state index < -0.39 is 0 Å². The Labute approximate surface area is 131 Å². The lowest BCUT2D eigenvalue weighted by Gasteiger charge is -2.12. The Morgan fingerprint density at radius 3 is 2.68 bits per heavy atom. The predicted octanol–water partition coefficient (Wildman–Crippen LogP) is 4.87. The second kappa shape index (κ2) is 5.78. The highest BCUT2D eigenvalue weighted by Crippen LogP contribution is 2.39. The number of thiophene rings is 2. The lowest BCUT2D eigenvalue weighted by Crippen LogP contribution is -2.15. The van der Waals surface area contributed by atoms with Crippen LogP contribution in [0.2, 0.25) is 4.34 Å². The highest BCUT2D eigenvalue weighted by molar-refractivity contribution is 7.98. The number of hydrogen-bond donors (Lipinski definition) is 1. The molecule has 2 aromatic heterocycles. The van der Waals surface area contributed by atoms with Gasteiger partial charge in [-0.1, -0.05) is 11.6 Å². The summed E-state index contributed by atoms with van der Waals surface area (Å²) < 4.78 is 0.909. The molecule has 0 amide bonds. The molecule has 3 heterocycles. The van der Waals surface area contributed by atoms with Crippen LogP contribution in [0.5, 0.6) is 0 Å². The van der Waals surface area contributed by atoms with Crippen LogP contribution >= 0.6 is 46.0 Å². The minimum absolute atomic E-state index is 0.289. The van der Waals surface area contributed by atoms with E-state index in [-0.39, 0.29) is 6.04 Å². The lowest BCUT2D eigenvalue weighted by atomic mass is 10.1. The topological polar surface area (TPSA) is 12.0 Å². The summed E-state index contributed by atoms with van der Waals surface area (Å²) in [4.78, 5) is 4.32. The number of rotatable bonds is 3. The van der Waals surface area contributed by atoms with Gasteiger partial charge in [-0.3, -0.25) is 0 Å². The Bertz CT molecular complexity index is 545. The molecule has 0 fully saturated rings. The number of aryl methyl sites for hydroxylation is 2. The summed E-state index contributed by atoms with van der Waals surface area (Å²) in [7, 11) is 2.03. The van der Waals surface area contributed by atoms with Crippen molar-refractivity contribution in [1.82, 2.24) is 5.32 Å². The number of hydrogen-bond acceptors (Lipinski definition) is 4. The third-order valence-corrected chi connectivity index (χ3v) is 7.31. The molecule has 2 aromatic rings. The number of halogens is 1. The van der Waals surface area contributed by atoms with E-state index in [0.29, 0.717) is 0 Å². The van der Waals surface area contributed by atoms with Crippen LogP contribution in [0.4, 0.5) is 0 Å². The fourth-order valence-corrected chi connectivity index (χ4v) is 6.29. The maximum absolute atomic E-state index is 6.21. The third kappa shape index (κ3) is 2.74. The molecule has 1 N–H and O–H groups in total. The molecule has 3 rings (SSSR count). The van der Waals surface area contributed by atoms with Gasteiger partial charge in [-0.15, -0.1) is 22.7 Å². The zero-order valence-corrected chi connectivity index (χ0v) is 14.2. The van der Waals surface area contributed by atoms with E-state index in [9.17, 15) is 0 Å². The molecular formula is C14H16ClNS3. The van der Waals surface area contributed by atoms with Crippen molar-refractivity contribution in [3.05, 3.63) is 42.2 Å². The second-order valence-electron chi connectivity index (χ2n) is 4.73. The molecule has 0 bridgehead atoms. The summed E-state index contributed by atoms with van der Waals surface area (Å²) in [5.41, 5.74) is 2.72. The van der Waals surface area contributed by atoms with Crippen molar-refractivity contribution in [2.24, 2.45) is 0 Å². The van der Waals surface area contributed by atoms with Crippen LogP contribution in [0.15, 0.2) is 12.1 Å². The minimum atomic E-state index is 0.289. The Morgan fingerprint density at radius 2 is 2.05 bits per heavy atom. The van der Waals surface area contributed by atoms with Crippen molar-refractivity contribution in [2.45, 2.75) is 25.1 Å². The summed E-state index contributed by atoms with van der Waals surface area (Å²) >= 11 is 11.9. The van der Waals surface area contributed by atoms with Gasteiger partial charge in [0.15, 0.2) is 0 Å². The number of nitrogens with one attached hydrogen (secondary N) is 1. The maximum Gasteiger partial charge on any atom is 0.0961 e. The van der Waals surface area contributed by atoms with Crippen molar-refractivity contribution in [3.63, 3.8) is 0 Å². The largest absolute Gasteiger partial charge is 0.308 e. The number of thioether (sulfide) groups is 1. The predicted molar refractivity (Wildman–Crippen MR) is 89.2 cm³/mol. The van der Waals surface area contributed by atoms with Gasteiger partial charge >= 0.3 is 0 Å². The van der Waals surface area contributed by atoms with Gasteiger partial charge in [0.2, 0.25) is 0 Å². The summed E-state index contributed by atoms with van der Waals surface area (Å²) in [6.07, 6.45) is 1.23. The van der Waals surface area contributed by atoms with E-state index in [0.717, 1.165) is 4.34 Å². The van der Waals surface area contributed by atoms with Crippen LogP contribution in [0.3, 0.4) is 0 Å². The van der Waals surface area contributed by atoms with Crippen molar-refractivity contribution < 1.29 is 0 Å². The fourth-order valence-electron chi connectivity index (χ4n) is 2.36. The molecule has 1 unspecified atom stereocenters. The van der Waals surface area contributed by atoms with Crippen molar-refractivity contribution in [2.75, 3.05) is 12.8 Å². The molecule has 0 aromatic carbocycles. The summed E-state index contributed by atoms with van der Waals surface area (Å²) in [5.74, 6) is 2.44. The van der Waals surface area contributed by atoms with E-state index in [1.165, 1.54) is 38.8 Å². The molecule has 1 atom stereocenters. The van der Waals surface area contributed by atoms with Gasteiger partial charge in [-0.05, 0) is 49.4 Å². The van der Waals surface area contributed by atoms with Gasteiger partial charge in [0, 0.05) is 20.4 Å². The van der Waals surface area contributed by atoms with Crippen LogP contribution < -0.4 is 5.32 Å². The fraction of sp³-hybridized carbons (Fsp3) is 0.429. The zero-order valence-electron chi connectivity index (χ0n) is 11.0. The molecule has 102 valence electrons. The van der Waals surface area contributed by atoms with Crippen LogP contribution in [-0.2, 0) is 12.2 Å². The van der Waals surface area contributed by atoms with Gasteiger partial charge < -0.3 is 5.32 Å². The molecule has 5 heteroatoms. The van der Waals surface area contributed by atoms with Gasteiger partial charge in [0.1, 0.15) is 0 Å². The third-order valence-electron chi connectivity index (χ3n) is 3.38. The zero-order chi connectivity index (χ0) is 13.4. The van der Waals surface area contributed by atoms with E-state index in [1.807, 2.05) is 30.1 Å². The van der Waals surface area contributed by atoms with Gasteiger partial charge in [-0.2, -0.15) is 11.8 Å². The Kier molecular flexibility index (Phi) is 4.25. The lowest BCUT2D eigenvalue weighted by molar-refractivity contribution is 0.715. The van der Waals surface area contributed by atoms with Crippen molar-refractivity contribution in [1.29, 1.82) is 0 Å². The Hall–Kier alpha value is -0.000000000000000111. The Morgan fingerprint density at radius 1 is 1.26 bits per heavy atom. The molecular weight excluding hydrogens is 314 g/mol. The molecule has 19 heavy (non-hydrogen) atoms. The molecule has 0 radical (unpaired) electrons. The van der Waals surface area contributed by atoms with Gasteiger partial charge in [-0.25, -0.2) is 0 Å². The Balaban J connectivity index is 1.95. The van der Waals surface area contributed by atoms with E-state index in [2.05, 4.69) is 24.4 Å². The monoisotopic (exact) mass is 329 g/mol. The summed E-state index contributed by atoms with van der Waals surface area (Å²) in [6, 6.07) is 4.88. The minimum Gasteiger partial charge on any atom is -0.308 e. The van der Waals surface area contributed by atoms with Crippen LogP contribution in [0.1, 0.15) is 31.8 Å². The molecule has 1 nitrogen and oxygen atoms in total. The normalized spacial score (nSPS) is 16.4. The number of fused-ring (bicyclic) bond motifs is 1. The summed E-state index contributed by atoms with van der Waals surface area (Å²) in [5, 5.41) is 3.44. The average molecular weight is 330 g/mol. The second-order valence-corrected chi connectivity index (χ2v) is 8.69. The molecule has 0 spiro atoms. The average Bonchev–Trinajstić information content (AvgIpc) is 2.95. The smallest absolute Gasteiger partial charge is 0.0961 e. The standard InChI is InChI=1S/C14H16ClNS3/c1-8-5-11(19-14(8)15)13(16-2)12-6-9-7-17-4-3-10(9)18-12/h5-6,13,16H,3-4,7H2,1-2H3. The van der Waals surface area contributed by atoms with Crippen molar-refractivity contribution in [3.8, 4) is 0 Å². The molecule has 1 aliphatic rings. The van der Waals surface area contributed by atoms with Gasteiger partial charge in [0.25, 0.3) is 0 Å². The van der Waals surface area contributed by atoms with E-state index in [1.54, 1.807) is 16.2 Å². The van der Waals surface area contributed by atoms with Crippen LogP contribution in [0, 0.1) is 6.92 Å². The SMILES string of the molecule is CNC(c1cc(C)c(Cl)s1)c1cc2c(s1)CCSC2. The quantitative estimate of drug-likeness (QED) is 0.862. The van der Waals surface area contributed by atoms with E-state index >= 15 is 0 Å². The first-order chi connectivity index (χ1) is 9.19. The van der Waals surface area contributed by atoms with E-state index in [4.69, 9.17) is 11.6 Å².